The maximum Gasteiger partial charge on any atom is 0.268 e. The number of carbonyl (C=O) groups excluding carboxylic acids is 1. The molecule has 1 aliphatic carbocycles. The number of hydrogen-bond acceptors (Lipinski definition) is 3. The zero-order valence-corrected chi connectivity index (χ0v) is 13.1. The van der Waals surface area contributed by atoms with Gasteiger partial charge in [-0.2, -0.15) is 5.10 Å². The molecule has 2 N–H and O–H groups in total. The van der Waals surface area contributed by atoms with Crippen LogP contribution in [-0.4, -0.2) is 27.8 Å². The van der Waals surface area contributed by atoms with Gasteiger partial charge in [0.25, 0.3) is 5.91 Å². The van der Waals surface area contributed by atoms with Crippen LogP contribution in [0.4, 0.5) is 0 Å². The number of amides is 1. The van der Waals surface area contributed by atoms with Gasteiger partial charge in [-0.3, -0.25) is 9.48 Å². The van der Waals surface area contributed by atoms with E-state index in [1.165, 1.54) is 0 Å². The number of hydrogen-bond donors (Lipinski definition) is 2. The average Bonchev–Trinajstić information content (AvgIpc) is 2.99. The van der Waals surface area contributed by atoms with E-state index >= 15 is 0 Å². The Labute approximate surface area is 133 Å². The minimum Gasteiger partial charge on any atom is -0.497 e. The van der Waals surface area contributed by atoms with Crippen LogP contribution >= 0.6 is 0 Å². The van der Waals surface area contributed by atoms with Gasteiger partial charge < -0.3 is 15.0 Å². The van der Waals surface area contributed by atoms with Gasteiger partial charge in [0.2, 0.25) is 0 Å². The van der Waals surface area contributed by atoms with Crippen LogP contribution in [0.1, 0.15) is 28.9 Å². The molecule has 23 heavy (non-hydrogen) atoms. The lowest BCUT2D eigenvalue weighted by molar-refractivity contribution is 0.0926. The first-order valence-corrected chi connectivity index (χ1v) is 7.58. The van der Waals surface area contributed by atoms with Gasteiger partial charge in [0.1, 0.15) is 11.4 Å². The minimum absolute atomic E-state index is 0.0958. The molecule has 3 aromatic rings. The van der Waals surface area contributed by atoms with Crippen molar-refractivity contribution in [3.63, 3.8) is 0 Å². The number of H-pyrrole nitrogens is 1. The van der Waals surface area contributed by atoms with E-state index < -0.39 is 0 Å². The van der Waals surface area contributed by atoms with Gasteiger partial charge >= 0.3 is 0 Å². The van der Waals surface area contributed by atoms with Crippen molar-refractivity contribution >= 4 is 16.8 Å². The molecule has 1 aliphatic rings. The molecule has 1 fully saturated rings. The minimum atomic E-state index is -0.264. The fourth-order valence-corrected chi connectivity index (χ4v) is 2.92. The van der Waals surface area contributed by atoms with E-state index in [-0.39, 0.29) is 11.4 Å². The van der Waals surface area contributed by atoms with Gasteiger partial charge in [-0.05, 0) is 31.0 Å². The standard InChI is InChI=1S/C17H18N4O2/c1-21-10-12(9-18-21)17(5-6-17)20-16(22)15-7-11-3-4-13(23-2)8-14(11)19-15/h3-4,7-10,19H,5-6H2,1-2H3,(H,20,22). The van der Waals surface area contributed by atoms with Crippen LogP contribution in [0.15, 0.2) is 36.7 Å². The Morgan fingerprint density at radius 1 is 1.39 bits per heavy atom. The molecular weight excluding hydrogens is 292 g/mol. The number of benzene rings is 1. The molecule has 1 amide bonds. The Balaban J connectivity index is 1.60. The second-order valence-corrected chi connectivity index (χ2v) is 6.08. The second kappa shape index (κ2) is 4.87. The largest absolute Gasteiger partial charge is 0.497 e. The number of nitrogens with zero attached hydrogens (tertiary/aromatic N) is 2. The number of carbonyl (C=O) groups is 1. The van der Waals surface area contributed by atoms with Crippen LogP contribution in [0.3, 0.4) is 0 Å². The van der Waals surface area contributed by atoms with Gasteiger partial charge in [0.05, 0.1) is 18.8 Å². The summed E-state index contributed by atoms with van der Waals surface area (Å²) < 4.78 is 6.97. The lowest BCUT2D eigenvalue weighted by Crippen LogP contribution is -2.34. The zero-order chi connectivity index (χ0) is 16.0. The molecule has 6 nitrogen and oxygen atoms in total. The average molecular weight is 310 g/mol. The maximum absolute atomic E-state index is 12.6. The van der Waals surface area contributed by atoms with Crippen molar-refractivity contribution in [1.29, 1.82) is 0 Å². The number of aromatic nitrogens is 3. The highest BCUT2D eigenvalue weighted by atomic mass is 16.5. The Bertz CT molecular complexity index is 889. The third kappa shape index (κ3) is 2.36. The monoisotopic (exact) mass is 310 g/mol. The summed E-state index contributed by atoms with van der Waals surface area (Å²) in [7, 11) is 3.51. The third-order valence-electron chi connectivity index (χ3n) is 4.43. The molecule has 0 atom stereocenters. The highest BCUT2D eigenvalue weighted by Crippen LogP contribution is 2.45. The van der Waals surface area contributed by atoms with Crippen molar-refractivity contribution < 1.29 is 9.53 Å². The summed E-state index contributed by atoms with van der Waals surface area (Å²) in [6.07, 6.45) is 5.67. The smallest absolute Gasteiger partial charge is 0.268 e. The molecule has 6 heteroatoms. The highest BCUT2D eigenvalue weighted by Gasteiger charge is 2.46. The fraction of sp³-hybridized carbons (Fsp3) is 0.294. The van der Waals surface area contributed by atoms with E-state index in [0.29, 0.717) is 5.69 Å². The van der Waals surface area contributed by atoms with Gasteiger partial charge in [-0.25, -0.2) is 0 Å². The molecule has 118 valence electrons. The molecule has 2 aromatic heterocycles. The summed E-state index contributed by atoms with van der Waals surface area (Å²) in [5, 5.41) is 8.34. The van der Waals surface area contributed by atoms with E-state index in [9.17, 15) is 4.79 Å². The quantitative estimate of drug-likeness (QED) is 0.777. The summed E-state index contributed by atoms with van der Waals surface area (Å²) in [6.45, 7) is 0. The van der Waals surface area contributed by atoms with Crippen molar-refractivity contribution in [3.05, 3.63) is 47.9 Å². The predicted octanol–water partition coefficient (Wildman–Crippen LogP) is 2.33. The Hall–Kier alpha value is -2.76. The third-order valence-corrected chi connectivity index (χ3v) is 4.43. The Kier molecular flexibility index (Phi) is 2.94. The highest BCUT2D eigenvalue weighted by molar-refractivity contribution is 5.98. The zero-order valence-electron chi connectivity index (χ0n) is 13.1. The number of fused-ring (bicyclic) bond motifs is 1. The molecular formula is C17H18N4O2. The first-order valence-electron chi connectivity index (χ1n) is 7.58. The van der Waals surface area contributed by atoms with Crippen LogP contribution in [0, 0.1) is 0 Å². The first-order chi connectivity index (χ1) is 11.1. The molecule has 0 radical (unpaired) electrons. The number of aryl methyl sites for hydroxylation is 1. The van der Waals surface area contributed by atoms with Gasteiger partial charge in [-0.15, -0.1) is 0 Å². The van der Waals surface area contributed by atoms with E-state index in [4.69, 9.17) is 4.74 Å². The number of rotatable bonds is 4. The summed E-state index contributed by atoms with van der Waals surface area (Å²) in [5.74, 6) is 0.668. The van der Waals surface area contributed by atoms with E-state index in [1.54, 1.807) is 11.8 Å². The molecule has 0 saturated heterocycles. The van der Waals surface area contributed by atoms with Gasteiger partial charge in [0, 0.05) is 35.8 Å². The number of methoxy groups -OCH3 is 1. The van der Waals surface area contributed by atoms with Crippen LogP contribution in [0.2, 0.25) is 0 Å². The maximum atomic E-state index is 12.6. The van der Waals surface area contributed by atoms with Crippen LogP contribution in [-0.2, 0) is 12.6 Å². The van der Waals surface area contributed by atoms with Crippen molar-refractivity contribution in [2.75, 3.05) is 7.11 Å². The number of ether oxygens (including phenoxy) is 1. The Morgan fingerprint density at radius 3 is 2.87 bits per heavy atom. The predicted molar refractivity (Wildman–Crippen MR) is 86.4 cm³/mol. The molecule has 0 spiro atoms. The van der Waals surface area contributed by atoms with E-state index in [0.717, 1.165) is 35.1 Å². The number of aromatic amines is 1. The van der Waals surface area contributed by atoms with E-state index in [1.807, 2.05) is 43.7 Å². The summed E-state index contributed by atoms with van der Waals surface area (Å²) in [6, 6.07) is 7.58. The molecule has 0 aliphatic heterocycles. The first kappa shape index (κ1) is 13.9. The molecule has 2 heterocycles. The summed E-state index contributed by atoms with van der Waals surface area (Å²) in [4.78, 5) is 15.8. The van der Waals surface area contributed by atoms with Gasteiger partial charge in [0.15, 0.2) is 0 Å². The molecule has 1 aromatic carbocycles. The molecule has 1 saturated carbocycles. The van der Waals surface area contributed by atoms with Crippen LogP contribution in [0.25, 0.3) is 10.9 Å². The lowest BCUT2D eigenvalue weighted by atomic mass is 10.1. The van der Waals surface area contributed by atoms with Crippen molar-refractivity contribution in [2.24, 2.45) is 7.05 Å². The molecule has 0 bridgehead atoms. The van der Waals surface area contributed by atoms with Crippen LogP contribution in [0.5, 0.6) is 5.75 Å². The normalized spacial score (nSPS) is 15.6. The summed E-state index contributed by atoms with van der Waals surface area (Å²) in [5.41, 5.74) is 2.25. The van der Waals surface area contributed by atoms with Gasteiger partial charge in [-0.1, -0.05) is 0 Å². The van der Waals surface area contributed by atoms with Crippen LogP contribution < -0.4 is 10.1 Å². The van der Waals surface area contributed by atoms with Crippen molar-refractivity contribution in [2.45, 2.75) is 18.4 Å². The second-order valence-electron chi connectivity index (χ2n) is 6.08. The fourth-order valence-electron chi connectivity index (χ4n) is 2.92. The van der Waals surface area contributed by atoms with Crippen molar-refractivity contribution in [3.8, 4) is 5.75 Å². The molecule has 0 unspecified atom stereocenters. The summed E-state index contributed by atoms with van der Waals surface area (Å²) >= 11 is 0. The van der Waals surface area contributed by atoms with E-state index in [2.05, 4.69) is 15.4 Å². The molecule has 4 rings (SSSR count). The number of nitrogens with one attached hydrogen (secondary N) is 2. The Morgan fingerprint density at radius 2 is 2.22 bits per heavy atom. The SMILES string of the molecule is COc1ccc2cc(C(=O)NC3(c4cnn(C)c4)CC3)[nH]c2c1. The van der Waals surface area contributed by atoms with Crippen molar-refractivity contribution in [1.82, 2.24) is 20.1 Å². The lowest BCUT2D eigenvalue weighted by Gasteiger charge is -2.15. The topological polar surface area (TPSA) is 71.9 Å².